The summed E-state index contributed by atoms with van der Waals surface area (Å²) in [4.78, 5) is 11.5. The van der Waals surface area contributed by atoms with Crippen LogP contribution in [0, 0.1) is 0 Å². The molecular weight excluding hydrogens is 287 g/mol. The van der Waals surface area contributed by atoms with E-state index < -0.39 is 0 Å². The number of likely N-dealkylation sites (N-methyl/N-ethyl adjacent to an activating group) is 1. The molecule has 0 aliphatic rings. The number of amides is 1. The zero-order chi connectivity index (χ0) is 13.4. The molecule has 0 aliphatic carbocycles. The molecule has 0 saturated carbocycles. The molecule has 0 aromatic heterocycles. The van der Waals surface area contributed by atoms with Crippen LogP contribution in [0.5, 0.6) is 5.75 Å². The smallest absolute Gasteiger partial charge is 0.223 e. The average molecular weight is 307 g/mol. The van der Waals surface area contributed by atoms with E-state index in [4.69, 9.17) is 16.3 Å². The van der Waals surface area contributed by atoms with Crippen LogP contribution in [-0.4, -0.2) is 32.1 Å². The molecule has 0 heterocycles. The second-order valence-corrected chi connectivity index (χ2v) is 4.43. The van der Waals surface area contributed by atoms with Crippen LogP contribution in [0.4, 0.5) is 0 Å². The topological polar surface area (TPSA) is 50.4 Å². The molecule has 1 unspecified atom stereocenters. The Balaban J connectivity index is 0.00000324. The zero-order valence-corrected chi connectivity index (χ0v) is 12.7. The van der Waals surface area contributed by atoms with Crippen molar-refractivity contribution in [1.29, 1.82) is 0 Å². The van der Waals surface area contributed by atoms with Gasteiger partial charge in [-0.05, 0) is 26.1 Å². The molecule has 0 bridgehead atoms. The monoisotopic (exact) mass is 306 g/mol. The van der Waals surface area contributed by atoms with Crippen molar-refractivity contribution in [3.8, 4) is 5.75 Å². The zero-order valence-electron chi connectivity index (χ0n) is 11.1. The molecule has 4 nitrogen and oxygen atoms in total. The number of hydrogen-bond donors (Lipinski definition) is 2. The summed E-state index contributed by atoms with van der Waals surface area (Å²) >= 11 is 5.93. The Labute approximate surface area is 125 Å². The Kier molecular flexibility index (Phi) is 9.39. The Morgan fingerprint density at radius 2 is 2.11 bits per heavy atom. The molecule has 0 radical (unpaired) electrons. The van der Waals surface area contributed by atoms with Crippen molar-refractivity contribution in [2.75, 3.05) is 20.2 Å². The second kappa shape index (κ2) is 9.89. The summed E-state index contributed by atoms with van der Waals surface area (Å²) in [6, 6.07) is 7.48. The molecule has 0 fully saturated rings. The Bertz CT molecular complexity index is 389. The van der Waals surface area contributed by atoms with E-state index in [1.807, 2.05) is 26.1 Å². The minimum Gasteiger partial charge on any atom is -0.491 e. The number of carbonyl (C=O) groups excluding carboxylic acids is 1. The lowest BCUT2D eigenvalue weighted by Crippen LogP contribution is -2.37. The van der Waals surface area contributed by atoms with Gasteiger partial charge in [0.15, 0.2) is 0 Å². The normalized spacial score (nSPS) is 11.3. The van der Waals surface area contributed by atoms with E-state index >= 15 is 0 Å². The lowest BCUT2D eigenvalue weighted by Gasteiger charge is -2.12. The van der Waals surface area contributed by atoms with Crippen LogP contribution in [0.25, 0.3) is 0 Å². The molecular formula is C13H20Cl2N2O2. The van der Waals surface area contributed by atoms with Crippen molar-refractivity contribution in [3.05, 3.63) is 29.3 Å². The summed E-state index contributed by atoms with van der Waals surface area (Å²) in [5.41, 5.74) is 0. The summed E-state index contributed by atoms with van der Waals surface area (Å²) in [5, 5.41) is 6.42. The van der Waals surface area contributed by atoms with E-state index in [2.05, 4.69) is 10.6 Å². The standard InChI is InChI=1S/C13H19ClN2O2.ClH/c1-10(15-2)9-16-13(17)7-8-18-12-6-4-3-5-11(12)14;/h3-6,10,15H,7-9H2,1-2H3,(H,16,17);1H. The number of para-hydroxylation sites is 1. The van der Waals surface area contributed by atoms with Crippen LogP contribution in [-0.2, 0) is 4.79 Å². The molecule has 0 saturated heterocycles. The van der Waals surface area contributed by atoms with Crippen LogP contribution >= 0.6 is 24.0 Å². The van der Waals surface area contributed by atoms with Crippen molar-refractivity contribution >= 4 is 29.9 Å². The molecule has 1 aromatic carbocycles. The average Bonchev–Trinajstić information content (AvgIpc) is 2.38. The quantitative estimate of drug-likeness (QED) is 0.812. The third-order valence-corrected chi connectivity index (χ3v) is 2.83. The molecule has 2 N–H and O–H groups in total. The van der Waals surface area contributed by atoms with Crippen molar-refractivity contribution in [2.24, 2.45) is 0 Å². The fourth-order valence-electron chi connectivity index (χ4n) is 1.27. The van der Waals surface area contributed by atoms with Crippen LogP contribution in [0.1, 0.15) is 13.3 Å². The van der Waals surface area contributed by atoms with Gasteiger partial charge in [0.2, 0.25) is 5.91 Å². The van der Waals surface area contributed by atoms with Crippen molar-refractivity contribution in [2.45, 2.75) is 19.4 Å². The Morgan fingerprint density at radius 1 is 1.42 bits per heavy atom. The summed E-state index contributed by atoms with van der Waals surface area (Å²) < 4.78 is 5.43. The first-order valence-electron chi connectivity index (χ1n) is 5.94. The van der Waals surface area contributed by atoms with Crippen LogP contribution in [0.2, 0.25) is 5.02 Å². The van der Waals surface area contributed by atoms with Gasteiger partial charge in [-0.1, -0.05) is 23.7 Å². The SMILES string of the molecule is CNC(C)CNC(=O)CCOc1ccccc1Cl.Cl. The van der Waals surface area contributed by atoms with Gasteiger partial charge in [0.25, 0.3) is 0 Å². The molecule has 6 heteroatoms. The molecule has 1 aromatic rings. The van der Waals surface area contributed by atoms with Gasteiger partial charge in [0.1, 0.15) is 5.75 Å². The molecule has 0 aliphatic heterocycles. The number of rotatable bonds is 7. The molecule has 19 heavy (non-hydrogen) atoms. The van der Waals surface area contributed by atoms with E-state index in [0.29, 0.717) is 30.3 Å². The van der Waals surface area contributed by atoms with Crippen LogP contribution in [0.15, 0.2) is 24.3 Å². The van der Waals surface area contributed by atoms with Gasteiger partial charge in [-0.2, -0.15) is 0 Å². The molecule has 1 atom stereocenters. The van der Waals surface area contributed by atoms with Crippen LogP contribution < -0.4 is 15.4 Å². The maximum atomic E-state index is 11.5. The van der Waals surface area contributed by atoms with Crippen molar-refractivity contribution in [3.63, 3.8) is 0 Å². The first-order chi connectivity index (χ1) is 8.63. The van der Waals surface area contributed by atoms with E-state index in [9.17, 15) is 4.79 Å². The predicted molar refractivity (Wildman–Crippen MR) is 80.3 cm³/mol. The largest absolute Gasteiger partial charge is 0.491 e. The van der Waals surface area contributed by atoms with Gasteiger partial charge >= 0.3 is 0 Å². The van der Waals surface area contributed by atoms with Gasteiger partial charge < -0.3 is 15.4 Å². The number of carbonyl (C=O) groups is 1. The molecule has 1 amide bonds. The third kappa shape index (κ3) is 7.25. The van der Waals surface area contributed by atoms with Gasteiger partial charge in [0.05, 0.1) is 18.1 Å². The maximum Gasteiger partial charge on any atom is 0.223 e. The maximum absolute atomic E-state index is 11.5. The summed E-state index contributed by atoms with van der Waals surface area (Å²) in [7, 11) is 1.86. The number of ether oxygens (including phenoxy) is 1. The summed E-state index contributed by atoms with van der Waals surface area (Å²) in [6.07, 6.45) is 0.321. The van der Waals surface area contributed by atoms with E-state index in [-0.39, 0.29) is 24.4 Å². The fourth-order valence-corrected chi connectivity index (χ4v) is 1.46. The number of halogens is 2. The Morgan fingerprint density at radius 3 is 2.74 bits per heavy atom. The van der Waals surface area contributed by atoms with Gasteiger partial charge in [0, 0.05) is 12.6 Å². The lowest BCUT2D eigenvalue weighted by atomic mass is 10.3. The summed E-state index contributed by atoms with van der Waals surface area (Å²) in [6.45, 7) is 2.94. The van der Waals surface area contributed by atoms with Gasteiger partial charge in [-0.25, -0.2) is 0 Å². The Hall–Kier alpha value is -0.970. The molecule has 108 valence electrons. The van der Waals surface area contributed by atoms with Crippen molar-refractivity contribution in [1.82, 2.24) is 10.6 Å². The first kappa shape index (κ1) is 18.0. The number of hydrogen-bond acceptors (Lipinski definition) is 3. The highest BCUT2D eigenvalue weighted by molar-refractivity contribution is 6.32. The minimum atomic E-state index is -0.0239. The highest BCUT2D eigenvalue weighted by Gasteiger charge is 2.05. The summed E-state index contributed by atoms with van der Waals surface area (Å²) in [5.74, 6) is 0.583. The number of nitrogens with one attached hydrogen (secondary N) is 2. The van der Waals surface area contributed by atoms with Crippen molar-refractivity contribution < 1.29 is 9.53 Å². The van der Waals surface area contributed by atoms with E-state index in [0.717, 1.165) is 0 Å². The van der Waals surface area contributed by atoms with Crippen LogP contribution in [0.3, 0.4) is 0 Å². The predicted octanol–water partition coefficient (Wildman–Crippen LogP) is 2.25. The fraction of sp³-hybridized carbons (Fsp3) is 0.462. The number of benzene rings is 1. The highest BCUT2D eigenvalue weighted by atomic mass is 35.5. The molecule has 0 spiro atoms. The van der Waals surface area contributed by atoms with E-state index in [1.165, 1.54) is 0 Å². The van der Waals surface area contributed by atoms with Gasteiger partial charge in [-0.3, -0.25) is 4.79 Å². The second-order valence-electron chi connectivity index (χ2n) is 4.02. The lowest BCUT2D eigenvalue weighted by molar-refractivity contribution is -0.121. The van der Waals surface area contributed by atoms with E-state index in [1.54, 1.807) is 12.1 Å². The highest BCUT2D eigenvalue weighted by Crippen LogP contribution is 2.22. The third-order valence-electron chi connectivity index (χ3n) is 2.52. The van der Waals surface area contributed by atoms with Gasteiger partial charge in [-0.15, -0.1) is 12.4 Å². The molecule has 1 rings (SSSR count). The first-order valence-corrected chi connectivity index (χ1v) is 6.32. The minimum absolute atomic E-state index is 0.